The van der Waals surface area contributed by atoms with Gasteiger partial charge in [0.05, 0.1) is 10.6 Å². The van der Waals surface area contributed by atoms with E-state index in [9.17, 15) is 4.39 Å². The van der Waals surface area contributed by atoms with Gasteiger partial charge < -0.3 is 0 Å². The van der Waals surface area contributed by atoms with Crippen molar-refractivity contribution < 1.29 is 4.39 Å². The molecular weight excluding hydrogens is 233 g/mol. The lowest BCUT2D eigenvalue weighted by Gasteiger charge is -2.20. The molecule has 0 aromatic heterocycles. The molecule has 0 amide bonds. The van der Waals surface area contributed by atoms with E-state index in [4.69, 9.17) is 0 Å². The van der Waals surface area contributed by atoms with Gasteiger partial charge in [0.25, 0.3) is 0 Å². The van der Waals surface area contributed by atoms with Crippen LogP contribution in [0.2, 0.25) is 0 Å². The Kier molecular flexibility index (Phi) is 4.52. The summed E-state index contributed by atoms with van der Waals surface area (Å²) >= 11 is 1.26. The van der Waals surface area contributed by atoms with Crippen LogP contribution in [-0.4, -0.2) is 6.21 Å². The summed E-state index contributed by atoms with van der Waals surface area (Å²) in [4.78, 5) is 4.76. The molecule has 0 fully saturated rings. The molecule has 17 heavy (non-hydrogen) atoms. The van der Waals surface area contributed by atoms with E-state index in [2.05, 4.69) is 32.3 Å². The third-order valence-electron chi connectivity index (χ3n) is 2.36. The standard InChI is InChI=1S/C14H18FNS/c1-6-16-12-9-10(14(3,4)5)8-11(15)13(12)17-7-2/h6-9H,2H2,1,3-5H3. The highest BCUT2D eigenvalue weighted by molar-refractivity contribution is 8.02. The van der Waals surface area contributed by atoms with Crippen molar-refractivity contribution in [3.63, 3.8) is 0 Å². The van der Waals surface area contributed by atoms with Crippen molar-refractivity contribution in [1.82, 2.24) is 0 Å². The van der Waals surface area contributed by atoms with E-state index in [-0.39, 0.29) is 11.2 Å². The molecule has 0 bridgehead atoms. The van der Waals surface area contributed by atoms with Gasteiger partial charge in [0, 0.05) is 6.21 Å². The lowest BCUT2D eigenvalue weighted by atomic mass is 9.87. The van der Waals surface area contributed by atoms with Crippen LogP contribution < -0.4 is 0 Å². The molecule has 0 spiro atoms. The zero-order valence-electron chi connectivity index (χ0n) is 10.7. The second-order valence-electron chi connectivity index (χ2n) is 4.73. The zero-order valence-corrected chi connectivity index (χ0v) is 11.6. The number of benzene rings is 1. The summed E-state index contributed by atoms with van der Waals surface area (Å²) in [5.74, 6) is -0.233. The van der Waals surface area contributed by atoms with Crippen molar-refractivity contribution in [3.05, 3.63) is 35.5 Å². The van der Waals surface area contributed by atoms with Crippen molar-refractivity contribution in [3.8, 4) is 0 Å². The smallest absolute Gasteiger partial charge is 0.139 e. The van der Waals surface area contributed by atoms with Gasteiger partial charge in [-0.1, -0.05) is 39.1 Å². The molecule has 0 unspecified atom stereocenters. The molecule has 0 aliphatic carbocycles. The maximum atomic E-state index is 14.0. The topological polar surface area (TPSA) is 12.4 Å². The van der Waals surface area contributed by atoms with Crippen LogP contribution in [0.1, 0.15) is 33.3 Å². The van der Waals surface area contributed by atoms with Crippen molar-refractivity contribution in [1.29, 1.82) is 0 Å². The molecule has 1 aromatic rings. The van der Waals surface area contributed by atoms with Gasteiger partial charge in [-0.2, -0.15) is 0 Å². The lowest BCUT2D eigenvalue weighted by Crippen LogP contribution is -2.11. The molecule has 1 aromatic carbocycles. The molecule has 92 valence electrons. The van der Waals surface area contributed by atoms with E-state index in [1.165, 1.54) is 11.8 Å². The molecule has 0 aliphatic heterocycles. The first-order valence-electron chi connectivity index (χ1n) is 5.50. The second-order valence-corrected chi connectivity index (χ2v) is 5.71. The van der Waals surface area contributed by atoms with E-state index in [0.29, 0.717) is 10.6 Å². The van der Waals surface area contributed by atoms with E-state index >= 15 is 0 Å². The first-order valence-corrected chi connectivity index (χ1v) is 6.38. The van der Waals surface area contributed by atoms with Crippen LogP contribution in [0.5, 0.6) is 0 Å². The Hall–Kier alpha value is -1.09. The van der Waals surface area contributed by atoms with Gasteiger partial charge in [0.15, 0.2) is 0 Å². The minimum atomic E-state index is -0.233. The first kappa shape index (κ1) is 14.0. The summed E-state index contributed by atoms with van der Waals surface area (Å²) in [7, 11) is 0. The van der Waals surface area contributed by atoms with Gasteiger partial charge in [0.2, 0.25) is 0 Å². The van der Waals surface area contributed by atoms with Gasteiger partial charge in [-0.25, -0.2) is 4.39 Å². The fraction of sp³-hybridized carbons (Fsp3) is 0.357. The minimum Gasteiger partial charge on any atom is -0.260 e. The Labute approximate surface area is 107 Å². The predicted octanol–water partition coefficient (Wildman–Crippen LogP) is 5.08. The van der Waals surface area contributed by atoms with Gasteiger partial charge in [-0.3, -0.25) is 4.99 Å². The van der Waals surface area contributed by atoms with Crippen molar-refractivity contribution >= 4 is 23.7 Å². The van der Waals surface area contributed by atoms with Crippen LogP contribution in [0.3, 0.4) is 0 Å². The molecule has 0 saturated carbocycles. The number of hydrogen-bond acceptors (Lipinski definition) is 2. The molecule has 0 radical (unpaired) electrons. The Morgan fingerprint density at radius 2 is 2.00 bits per heavy atom. The fourth-order valence-electron chi connectivity index (χ4n) is 1.45. The highest BCUT2D eigenvalue weighted by Crippen LogP contribution is 2.36. The number of hydrogen-bond donors (Lipinski definition) is 0. The van der Waals surface area contributed by atoms with E-state index in [1.54, 1.807) is 17.7 Å². The highest BCUT2D eigenvalue weighted by atomic mass is 32.2. The molecule has 1 rings (SSSR count). The molecule has 3 heteroatoms. The predicted molar refractivity (Wildman–Crippen MR) is 75.0 cm³/mol. The summed E-state index contributed by atoms with van der Waals surface area (Å²) in [5, 5.41) is 1.61. The number of rotatable bonds is 3. The summed E-state index contributed by atoms with van der Waals surface area (Å²) in [6.45, 7) is 11.6. The second kappa shape index (κ2) is 5.50. The van der Waals surface area contributed by atoms with Gasteiger partial charge in [0.1, 0.15) is 5.82 Å². The maximum Gasteiger partial charge on any atom is 0.139 e. The Bertz CT molecular complexity index is 444. The number of thioether (sulfide) groups is 1. The van der Waals surface area contributed by atoms with Crippen LogP contribution in [0.25, 0.3) is 0 Å². The number of nitrogens with zero attached hydrogens (tertiary/aromatic N) is 1. The Balaban J connectivity index is 3.40. The normalized spacial score (nSPS) is 12.1. The third kappa shape index (κ3) is 3.43. The number of aliphatic imine (C=N–C) groups is 1. The SMILES string of the molecule is C=CSc1c(F)cc(C(C)(C)C)cc1N=CC. The average molecular weight is 251 g/mol. The average Bonchev–Trinajstić information content (AvgIpc) is 2.21. The molecular formula is C14H18FNS. The van der Waals surface area contributed by atoms with Gasteiger partial charge in [-0.05, 0) is 35.4 Å². The van der Waals surface area contributed by atoms with Crippen LogP contribution in [0, 0.1) is 5.82 Å². The maximum absolute atomic E-state index is 14.0. The van der Waals surface area contributed by atoms with Gasteiger partial charge >= 0.3 is 0 Å². The summed E-state index contributed by atoms with van der Waals surface area (Å²) in [6, 6.07) is 3.52. The molecule has 0 saturated heterocycles. The fourth-order valence-corrected chi connectivity index (χ4v) is 2.02. The Morgan fingerprint density at radius 3 is 2.47 bits per heavy atom. The summed E-state index contributed by atoms with van der Waals surface area (Å²) < 4.78 is 14.0. The minimum absolute atomic E-state index is 0.0871. The monoisotopic (exact) mass is 251 g/mol. The van der Waals surface area contributed by atoms with Crippen molar-refractivity contribution in [2.75, 3.05) is 0 Å². The van der Waals surface area contributed by atoms with Crippen LogP contribution in [-0.2, 0) is 5.41 Å². The third-order valence-corrected chi connectivity index (χ3v) is 3.17. The van der Waals surface area contributed by atoms with Crippen LogP contribution >= 0.6 is 11.8 Å². The van der Waals surface area contributed by atoms with Gasteiger partial charge in [-0.15, -0.1) is 0 Å². The Morgan fingerprint density at radius 1 is 1.35 bits per heavy atom. The van der Waals surface area contributed by atoms with Crippen molar-refractivity contribution in [2.24, 2.45) is 4.99 Å². The van der Waals surface area contributed by atoms with Crippen molar-refractivity contribution in [2.45, 2.75) is 38.0 Å². The van der Waals surface area contributed by atoms with E-state index in [0.717, 1.165) is 5.56 Å². The molecule has 0 N–H and O–H groups in total. The quantitative estimate of drug-likeness (QED) is 0.539. The number of halogens is 1. The lowest BCUT2D eigenvalue weighted by molar-refractivity contribution is 0.562. The largest absolute Gasteiger partial charge is 0.260 e. The molecule has 0 aliphatic rings. The molecule has 1 nitrogen and oxygen atoms in total. The molecule has 0 heterocycles. The van der Waals surface area contributed by atoms with Crippen LogP contribution in [0.4, 0.5) is 10.1 Å². The highest BCUT2D eigenvalue weighted by Gasteiger charge is 2.18. The van der Waals surface area contributed by atoms with E-state index < -0.39 is 0 Å². The molecule has 0 atom stereocenters. The zero-order chi connectivity index (χ0) is 13.1. The summed E-state index contributed by atoms with van der Waals surface area (Å²) in [5.41, 5.74) is 1.53. The van der Waals surface area contributed by atoms with E-state index in [1.807, 2.05) is 13.0 Å². The summed E-state index contributed by atoms with van der Waals surface area (Å²) in [6.07, 6.45) is 1.67. The first-order chi connectivity index (χ1) is 7.90. The van der Waals surface area contributed by atoms with Crippen LogP contribution in [0.15, 0.2) is 34.0 Å².